The number of nitrogens with one attached hydrogen (secondary N) is 2. The molecular weight excluding hydrogens is 215 g/mol. The molecule has 0 saturated heterocycles. The van der Waals surface area contributed by atoms with E-state index in [1.54, 1.807) is 7.05 Å². The zero-order valence-electron chi connectivity index (χ0n) is 8.47. The first kappa shape index (κ1) is 13.5. The highest BCUT2D eigenvalue weighted by Crippen LogP contribution is 2.13. The summed E-state index contributed by atoms with van der Waals surface area (Å²) in [6.45, 7) is 6.53. The lowest BCUT2D eigenvalue weighted by Gasteiger charge is -2.06. The van der Waals surface area contributed by atoms with E-state index < -0.39 is 11.7 Å². The molecule has 1 amide bonds. The fourth-order valence-electron chi connectivity index (χ4n) is 0.794. The molecule has 0 bridgehead atoms. The Morgan fingerprint density at radius 1 is 1.60 bits per heavy atom. The first-order valence-corrected chi connectivity index (χ1v) is 4.60. The third kappa shape index (κ3) is 5.74. The lowest BCUT2D eigenvalue weighted by molar-refractivity contribution is -0.119. The average Bonchev–Trinajstić information content (AvgIpc) is 2.16. The van der Waals surface area contributed by atoms with E-state index in [1.165, 1.54) is 12.2 Å². The van der Waals surface area contributed by atoms with Crippen LogP contribution in [0.5, 0.6) is 0 Å². The zero-order chi connectivity index (χ0) is 11.8. The van der Waals surface area contributed by atoms with Crippen molar-refractivity contribution in [1.82, 2.24) is 10.6 Å². The Balaban J connectivity index is 4.37. The van der Waals surface area contributed by atoms with Gasteiger partial charge in [0.2, 0.25) is 5.91 Å². The third-order valence-electron chi connectivity index (χ3n) is 1.50. The molecule has 0 aromatic rings. The van der Waals surface area contributed by atoms with E-state index in [0.717, 1.165) is 0 Å². The van der Waals surface area contributed by atoms with Crippen LogP contribution in [0.1, 0.15) is 6.42 Å². The van der Waals surface area contributed by atoms with Crippen LogP contribution in [0.25, 0.3) is 0 Å². The van der Waals surface area contributed by atoms with E-state index in [4.69, 9.17) is 12.2 Å². The van der Waals surface area contributed by atoms with Gasteiger partial charge in [0.15, 0.2) is 5.11 Å². The van der Waals surface area contributed by atoms with Gasteiger partial charge in [0.05, 0.1) is 6.42 Å². The van der Waals surface area contributed by atoms with Crippen molar-refractivity contribution in [1.29, 1.82) is 0 Å². The fourth-order valence-corrected chi connectivity index (χ4v) is 0.908. The molecule has 2 N–H and O–H groups in total. The standard InChI is InChI=1S/C10H13FN2OS/c1-4-5-8(7(2)11)6-9(14)13-10(15)12-3/h4-5H,1-2,6H2,3H3,(H2,12,13,14,15)/b8-5-. The Morgan fingerprint density at radius 3 is 2.60 bits per heavy atom. The van der Waals surface area contributed by atoms with Gasteiger partial charge in [-0.05, 0) is 17.8 Å². The van der Waals surface area contributed by atoms with Crippen molar-refractivity contribution in [3.05, 3.63) is 36.7 Å². The fraction of sp³-hybridized carbons (Fsp3) is 0.200. The van der Waals surface area contributed by atoms with Crippen LogP contribution in [0.15, 0.2) is 36.7 Å². The maximum absolute atomic E-state index is 12.8. The summed E-state index contributed by atoms with van der Waals surface area (Å²) in [6, 6.07) is 0. The quantitative estimate of drug-likeness (QED) is 0.567. The Hall–Kier alpha value is -1.49. The predicted octanol–water partition coefficient (Wildman–Crippen LogP) is 1.59. The molecule has 0 rings (SSSR count). The van der Waals surface area contributed by atoms with Crippen molar-refractivity contribution < 1.29 is 9.18 Å². The number of allylic oxidation sites excluding steroid dienone is 3. The number of halogens is 1. The summed E-state index contributed by atoms with van der Waals surface area (Å²) in [6.07, 6.45) is 2.66. The number of amides is 1. The number of thiocarbonyl (C=S) groups is 1. The summed E-state index contributed by atoms with van der Waals surface area (Å²) in [5.41, 5.74) is 0.182. The third-order valence-corrected chi connectivity index (χ3v) is 1.80. The molecular formula is C10H13FN2OS. The predicted molar refractivity (Wildman–Crippen MR) is 62.9 cm³/mol. The van der Waals surface area contributed by atoms with Crippen molar-refractivity contribution in [2.24, 2.45) is 0 Å². The minimum absolute atomic E-state index is 0.122. The molecule has 0 atom stereocenters. The van der Waals surface area contributed by atoms with Crippen molar-refractivity contribution >= 4 is 23.2 Å². The van der Waals surface area contributed by atoms with E-state index in [9.17, 15) is 9.18 Å². The van der Waals surface area contributed by atoms with Crippen LogP contribution in [-0.4, -0.2) is 18.1 Å². The second-order valence-electron chi connectivity index (χ2n) is 2.64. The number of hydrogen-bond donors (Lipinski definition) is 2. The number of rotatable bonds is 4. The molecule has 0 unspecified atom stereocenters. The van der Waals surface area contributed by atoms with Gasteiger partial charge in [-0.2, -0.15) is 0 Å². The summed E-state index contributed by atoms with van der Waals surface area (Å²) in [5.74, 6) is -1.05. The molecule has 0 aromatic heterocycles. The SMILES string of the molecule is C=C/C=C(/CC(=O)NC(=S)NC)C(=C)F. The second-order valence-corrected chi connectivity index (χ2v) is 3.04. The molecule has 0 fully saturated rings. The Bertz CT molecular complexity index is 323. The highest BCUT2D eigenvalue weighted by atomic mass is 32.1. The van der Waals surface area contributed by atoms with Gasteiger partial charge in [-0.25, -0.2) is 4.39 Å². The molecule has 0 radical (unpaired) electrons. The first-order chi connectivity index (χ1) is 7.01. The maximum atomic E-state index is 12.8. The lowest BCUT2D eigenvalue weighted by Crippen LogP contribution is -2.37. The average molecular weight is 228 g/mol. The Labute approximate surface area is 93.7 Å². The van der Waals surface area contributed by atoms with Gasteiger partial charge in [-0.1, -0.05) is 25.3 Å². The zero-order valence-corrected chi connectivity index (χ0v) is 9.29. The summed E-state index contributed by atoms with van der Waals surface area (Å²) < 4.78 is 12.8. The van der Waals surface area contributed by atoms with E-state index in [-0.39, 0.29) is 17.1 Å². The monoisotopic (exact) mass is 228 g/mol. The molecule has 0 aliphatic heterocycles. The van der Waals surface area contributed by atoms with Crippen LogP contribution < -0.4 is 10.6 Å². The van der Waals surface area contributed by atoms with Crippen molar-refractivity contribution in [2.45, 2.75) is 6.42 Å². The van der Waals surface area contributed by atoms with Crippen LogP contribution >= 0.6 is 12.2 Å². The molecule has 15 heavy (non-hydrogen) atoms. The summed E-state index contributed by atoms with van der Waals surface area (Å²) >= 11 is 4.72. The molecule has 0 aliphatic rings. The molecule has 3 nitrogen and oxygen atoms in total. The summed E-state index contributed by atoms with van der Waals surface area (Å²) in [7, 11) is 1.58. The number of carbonyl (C=O) groups is 1. The van der Waals surface area contributed by atoms with Crippen molar-refractivity contribution in [2.75, 3.05) is 7.05 Å². The molecule has 0 saturated carbocycles. The van der Waals surface area contributed by atoms with E-state index in [0.29, 0.717) is 0 Å². The van der Waals surface area contributed by atoms with Crippen LogP contribution in [0.4, 0.5) is 4.39 Å². The smallest absolute Gasteiger partial charge is 0.230 e. The topological polar surface area (TPSA) is 41.1 Å². The first-order valence-electron chi connectivity index (χ1n) is 4.19. The maximum Gasteiger partial charge on any atom is 0.230 e. The largest absolute Gasteiger partial charge is 0.365 e. The molecule has 0 aliphatic carbocycles. The van der Waals surface area contributed by atoms with E-state index in [2.05, 4.69) is 23.8 Å². The highest BCUT2D eigenvalue weighted by molar-refractivity contribution is 7.80. The normalized spacial score (nSPS) is 10.4. The van der Waals surface area contributed by atoms with Gasteiger partial charge < -0.3 is 10.6 Å². The van der Waals surface area contributed by atoms with Crippen molar-refractivity contribution in [3.63, 3.8) is 0 Å². The summed E-state index contributed by atoms with van der Waals surface area (Å²) in [4.78, 5) is 11.3. The van der Waals surface area contributed by atoms with Crippen LogP contribution in [0.3, 0.4) is 0 Å². The van der Waals surface area contributed by atoms with Crippen LogP contribution in [-0.2, 0) is 4.79 Å². The second kappa shape index (κ2) is 6.89. The van der Waals surface area contributed by atoms with Gasteiger partial charge in [0.1, 0.15) is 5.83 Å². The summed E-state index contributed by atoms with van der Waals surface area (Å²) in [5, 5.41) is 5.14. The highest BCUT2D eigenvalue weighted by Gasteiger charge is 2.09. The Morgan fingerprint density at radius 2 is 2.20 bits per heavy atom. The molecule has 0 spiro atoms. The van der Waals surface area contributed by atoms with Gasteiger partial charge >= 0.3 is 0 Å². The molecule has 0 aromatic carbocycles. The lowest BCUT2D eigenvalue weighted by atomic mass is 10.1. The van der Waals surface area contributed by atoms with Gasteiger partial charge in [0.25, 0.3) is 0 Å². The van der Waals surface area contributed by atoms with Gasteiger partial charge in [0, 0.05) is 7.05 Å². The number of carbonyl (C=O) groups excluding carboxylic acids is 1. The molecule has 0 heterocycles. The van der Waals surface area contributed by atoms with Gasteiger partial charge in [-0.15, -0.1) is 0 Å². The van der Waals surface area contributed by atoms with E-state index in [1.807, 2.05) is 0 Å². The molecule has 5 heteroatoms. The van der Waals surface area contributed by atoms with E-state index >= 15 is 0 Å². The van der Waals surface area contributed by atoms with Crippen LogP contribution in [0, 0.1) is 0 Å². The Kier molecular flexibility index (Phi) is 6.21. The molecule has 82 valence electrons. The number of hydrogen-bond acceptors (Lipinski definition) is 2. The van der Waals surface area contributed by atoms with Crippen molar-refractivity contribution in [3.8, 4) is 0 Å². The van der Waals surface area contributed by atoms with Gasteiger partial charge in [-0.3, -0.25) is 4.79 Å². The minimum Gasteiger partial charge on any atom is -0.365 e. The minimum atomic E-state index is -0.652. The van der Waals surface area contributed by atoms with Crippen LogP contribution in [0.2, 0.25) is 0 Å².